The van der Waals surface area contributed by atoms with Gasteiger partial charge in [0.15, 0.2) is 0 Å². The summed E-state index contributed by atoms with van der Waals surface area (Å²) in [7, 11) is 1.81. The molecule has 4 nitrogen and oxygen atoms in total. The fourth-order valence-corrected chi connectivity index (χ4v) is 1.84. The van der Waals surface area contributed by atoms with E-state index in [0.29, 0.717) is 6.61 Å². The Hall–Kier alpha value is -0.610. The molecule has 0 spiro atoms. The molecule has 106 valence electrons. The van der Waals surface area contributed by atoms with Crippen LogP contribution in [0.3, 0.4) is 0 Å². The Kier molecular flexibility index (Phi) is 6.65. The van der Waals surface area contributed by atoms with Gasteiger partial charge in [-0.1, -0.05) is 0 Å². The lowest BCUT2D eigenvalue weighted by molar-refractivity contribution is -0.150. The molecule has 1 fully saturated rings. The number of hydrogen-bond acceptors (Lipinski definition) is 4. The minimum Gasteiger partial charge on any atom is -0.465 e. The van der Waals surface area contributed by atoms with Crippen LogP contribution in [0.4, 0.5) is 0 Å². The molecule has 1 atom stereocenters. The van der Waals surface area contributed by atoms with E-state index in [9.17, 15) is 4.79 Å². The molecule has 0 amide bonds. The van der Waals surface area contributed by atoms with Crippen LogP contribution in [0.2, 0.25) is 0 Å². The van der Waals surface area contributed by atoms with E-state index in [2.05, 4.69) is 5.32 Å². The summed E-state index contributed by atoms with van der Waals surface area (Å²) in [5.74, 6) is 0.665. The van der Waals surface area contributed by atoms with Crippen molar-refractivity contribution in [3.8, 4) is 0 Å². The Labute approximate surface area is 110 Å². The predicted molar refractivity (Wildman–Crippen MR) is 71.5 cm³/mol. The van der Waals surface area contributed by atoms with Crippen LogP contribution < -0.4 is 5.32 Å². The smallest absolute Gasteiger partial charge is 0.326 e. The lowest BCUT2D eigenvalue weighted by atomic mass is 9.95. The first-order valence-electron chi connectivity index (χ1n) is 7.06. The highest BCUT2D eigenvalue weighted by molar-refractivity contribution is 5.80. The molecule has 0 aliphatic heterocycles. The average molecular weight is 257 g/mol. The van der Waals surface area contributed by atoms with Crippen LogP contribution in [-0.4, -0.2) is 38.4 Å². The van der Waals surface area contributed by atoms with Gasteiger partial charge in [0.2, 0.25) is 0 Å². The summed E-state index contributed by atoms with van der Waals surface area (Å²) in [5, 5.41) is 3.07. The summed E-state index contributed by atoms with van der Waals surface area (Å²) >= 11 is 0. The van der Waals surface area contributed by atoms with E-state index >= 15 is 0 Å². The van der Waals surface area contributed by atoms with Crippen LogP contribution in [0.15, 0.2) is 0 Å². The normalized spacial score (nSPS) is 18.4. The first kappa shape index (κ1) is 15.4. The number of esters is 1. The molecule has 0 bridgehead atoms. The van der Waals surface area contributed by atoms with Crippen molar-refractivity contribution in [1.82, 2.24) is 5.32 Å². The maximum atomic E-state index is 11.8. The molecular weight excluding hydrogens is 230 g/mol. The Morgan fingerprint density at radius 3 is 2.67 bits per heavy atom. The number of hydrogen-bond donors (Lipinski definition) is 1. The van der Waals surface area contributed by atoms with E-state index in [4.69, 9.17) is 9.47 Å². The third-order valence-corrected chi connectivity index (χ3v) is 3.54. The fourth-order valence-electron chi connectivity index (χ4n) is 1.84. The van der Waals surface area contributed by atoms with Crippen LogP contribution in [0.5, 0.6) is 0 Å². The van der Waals surface area contributed by atoms with Gasteiger partial charge in [-0.3, -0.25) is 4.79 Å². The van der Waals surface area contributed by atoms with E-state index in [0.717, 1.165) is 38.4 Å². The highest BCUT2D eigenvalue weighted by Gasteiger charge is 2.32. The minimum atomic E-state index is -0.563. The van der Waals surface area contributed by atoms with E-state index in [1.165, 1.54) is 12.8 Å². The highest BCUT2D eigenvalue weighted by Crippen LogP contribution is 2.28. The Morgan fingerprint density at radius 2 is 2.11 bits per heavy atom. The van der Waals surface area contributed by atoms with Crippen LogP contribution in [0.1, 0.15) is 46.0 Å². The maximum Gasteiger partial charge on any atom is 0.326 e. The van der Waals surface area contributed by atoms with Crippen molar-refractivity contribution in [2.75, 3.05) is 26.9 Å². The number of nitrogens with one attached hydrogen (secondary N) is 1. The topological polar surface area (TPSA) is 47.6 Å². The molecule has 4 heteroatoms. The van der Waals surface area contributed by atoms with Gasteiger partial charge in [0.1, 0.15) is 5.54 Å². The van der Waals surface area contributed by atoms with Crippen LogP contribution in [-0.2, 0) is 14.3 Å². The van der Waals surface area contributed by atoms with E-state index in [1.54, 1.807) is 7.05 Å². The van der Waals surface area contributed by atoms with Crippen molar-refractivity contribution in [3.63, 3.8) is 0 Å². The molecule has 0 radical (unpaired) electrons. The van der Waals surface area contributed by atoms with Gasteiger partial charge in [0, 0.05) is 13.2 Å². The van der Waals surface area contributed by atoms with Gasteiger partial charge in [-0.25, -0.2) is 0 Å². The van der Waals surface area contributed by atoms with Crippen molar-refractivity contribution in [2.45, 2.75) is 51.5 Å². The average Bonchev–Trinajstić information content (AvgIpc) is 3.17. The monoisotopic (exact) mass is 257 g/mol. The molecule has 0 saturated heterocycles. The van der Waals surface area contributed by atoms with Gasteiger partial charge in [-0.15, -0.1) is 0 Å². The van der Waals surface area contributed by atoms with Crippen molar-refractivity contribution in [2.24, 2.45) is 5.92 Å². The minimum absolute atomic E-state index is 0.161. The second-order valence-corrected chi connectivity index (χ2v) is 5.28. The van der Waals surface area contributed by atoms with Crippen molar-refractivity contribution in [3.05, 3.63) is 0 Å². The van der Waals surface area contributed by atoms with Crippen LogP contribution in [0.25, 0.3) is 0 Å². The molecule has 0 aromatic heterocycles. The number of likely N-dealkylation sites (N-methyl/N-ethyl adjacent to an activating group) is 1. The molecule has 0 aromatic carbocycles. The zero-order valence-corrected chi connectivity index (χ0v) is 12.0. The molecule has 1 unspecified atom stereocenters. The zero-order chi connectivity index (χ0) is 13.4. The quantitative estimate of drug-likeness (QED) is 0.481. The molecule has 1 aliphatic carbocycles. The van der Waals surface area contributed by atoms with Crippen LogP contribution >= 0.6 is 0 Å². The molecule has 1 rings (SSSR count). The van der Waals surface area contributed by atoms with Gasteiger partial charge in [0.25, 0.3) is 0 Å². The number of carbonyl (C=O) groups is 1. The standard InChI is InChI=1S/C14H27NO3/c1-4-18-13(16)14(2,15-3)9-5-6-10-17-11-12-7-8-12/h12,15H,4-11H2,1-3H3. The molecule has 1 N–H and O–H groups in total. The lowest BCUT2D eigenvalue weighted by Crippen LogP contribution is -2.48. The maximum absolute atomic E-state index is 11.8. The number of carbonyl (C=O) groups excluding carboxylic acids is 1. The van der Waals surface area contributed by atoms with Gasteiger partial charge in [-0.2, -0.15) is 0 Å². The molecule has 1 aliphatic rings. The van der Waals surface area contributed by atoms with Gasteiger partial charge < -0.3 is 14.8 Å². The van der Waals surface area contributed by atoms with Gasteiger partial charge >= 0.3 is 5.97 Å². The van der Waals surface area contributed by atoms with E-state index < -0.39 is 5.54 Å². The Morgan fingerprint density at radius 1 is 1.39 bits per heavy atom. The summed E-state index contributed by atoms with van der Waals surface area (Å²) in [6.45, 7) is 5.89. The highest BCUT2D eigenvalue weighted by atomic mass is 16.5. The van der Waals surface area contributed by atoms with Gasteiger partial charge in [-0.05, 0) is 58.9 Å². The van der Waals surface area contributed by atoms with Crippen LogP contribution in [0, 0.1) is 5.92 Å². The number of ether oxygens (including phenoxy) is 2. The zero-order valence-electron chi connectivity index (χ0n) is 12.0. The SMILES string of the molecule is CCOC(=O)C(C)(CCCCOCC1CC1)NC. The Balaban J connectivity index is 2.10. The van der Waals surface area contributed by atoms with E-state index in [1.807, 2.05) is 13.8 Å². The largest absolute Gasteiger partial charge is 0.465 e. The third kappa shape index (κ3) is 5.36. The number of unbranched alkanes of at least 4 members (excludes halogenated alkanes) is 1. The summed E-state index contributed by atoms with van der Waals surface area (Å²) < 4.78 is 10.7. The third-order valence-electron chi connectivity index (χ3n) is 3.54. The lowest BCUT2D eigenvalue weighted by Gasteiger charge is -2.26. The second kappa shape index (κ2) is 7.74. The molecule has 1 saturated carbocycles. The predicted octanol–water partition coefficient (Wildman–Crippen LogP) is 2.12. The summed E-state index contributed by atoms with van der Waals surface area (Å²) in [6.07, 6.45) is 5.43. The molecule has 0 aromatic rings. The summed E-state index contributed by atoms with van der Waals surface area (Å²) in [4.78, 5) is 11.8. The molecule has 18 heavy (non-hydrogen) atoms. The van der Waals surface area contributed by atoms with Crippen molar-refractivity contribution < 1.29 is 14.3 Å². The first-order valence-corrected chi connectivity index (χ1v) is 7.06. The second-order valence-electron chi connectivity index (χ2n) is 5.28. The summed E-state index contributed by atoms with van der Waals surface area (Å²) in [6, 6.07) is 0. The van der Waals surface area contributed by atoms with Crippen molar-refractivity contribution in [1.29, 1.82) is 0 Å². The molecule has 0 heterocycles. The first-order chi connectivity index (χ1) is 8.62. The Bertz CT molecular complexity index is 253. The number of rotatable bonds is 10. The van der Waals surface area contributed by atoms with E-state index in [-0.39, 0.29) is 5.97 Å². The summed E-state index contributed by atoms with van der Waals surface area (Å²) in [5.41, 5.74) is -0.563. The van der Waals surface area contributed by atoms with Crippen molar-refractivity contribution >= 4 is 5.97 Å². The fraction of sp³-hybridized carbons (Fsp3) is 0.929. The van der Waals surface area contributed by atoms with Gasteiger partial charge in [0.05, 0.1) is 6.61 Å². The molecular formula is C14H27NO3.